The molecule has 0 amide bonds. The zero-order valence-electron chi connectivity index (χ0n) is 6.07. The second kappa shape index (κ2) is 5.95. The molecule has 0 aromatic heterocycles. The van der Waals surface area contributed by atoms with Crippen LogP contribution in [0.1, 0.15) is 0 Å². The Balaban J connectivity index is 3.93. The van der Waals surface area contributed by atoms with E-state index in [-0.39, 0.29) is 6.61 Å². The summed E-state index contributed by atoms with van der Waals surface area (Å²) in [6.07, 6.45) is 2.84. The minimum Gasteiger partial charge on any atom is -0.455 e. The molecule has 12 heavy (non-hydrogen) atoms. The van der Waals surface area contributed by atoms with E-state index < -0.39 is 11.8 Å². The second-order valence-electron chi connectivity index (χ2n) is 1.53. The molecule has 0 spiro atoms. The van der Waals surface area contributed by atoms with Gasteiger partial charge in [-0.05, 0) is 0 Å². The van der Waals surface area contributed by atoms with Gasteiger partial charge in [0.25, 0.3) is 0 Å². The van der Waals surface area contributed by atoms with Gasteiger partial charge in [0.05, 0.1) is 0 Å². The van der Waals surface area contributed by atoms with E-state index >= 15 is 0 Å². The molecule has 0 aromatic rings. The van der Waals surface area contributed by atoms with Crippen molar-refractivity contribution in [2.24, 2.45) is 0 Å². The highest BCUT2D eigenvalue weighted by Crippen LogP contribution is 1.80. The van der Waals surface area contributed by atoms with Gasteiger partial charge in [0.2, 0.25) is 0 Å². The maximum atomic E-state index is 10.5. The predicted octanol–water partition coefficient (Wildman–Crippen LogP) is -0.265. The molecule has 0 aromatic carbocycles. The monoisotopic (exact) mass is 170 g/mol. The Morgan fingerprint density at radius 1 is 1.58 bits per heavy atom. The Bertz CT molecular complexity index is 244. The van der Waals surface area contributed by atoms with E-state index in [0.29, 0.717) is 0 Å². The van der Waals surface area contributed by atoms with Crippen molar-refractivity contribution in [1.29, 1.82) is 0 Å². The van der Waals surface area contributed by atoms with Crippen LogP contribution in [0.25, 0.3) is 0 Å². The number of hydrogen-bond acceptors (Lipinski definition) is 5. The molecule has 5 heteroatoms. The Hall–Kier alpha value is -1.80. The minimum absolute atomic E-state index is 0.0633. The van der Waals surface area contributed by atoms with Gasteiger partial charge in [0.15, 0.2) is 6.11 Å². The lowest BCUT2D eigenvalue weighted by atomic mass is 10.4. The fourth-order valence-corrected chi connectivity index (χ4v) is 0.320. The second-order valence-corrected chi connectivity index (χ2v) is 1.53. The third-order valence-corrected chi connectivity index (χ3v) is 0.728. The van der Waals surface area contributed by atoms with E-state index in [4.69, 9.17) is 5.26 Å². The largest absolute Gasteiger partial charge is 0.455 e. The highest BCUT2D eigenvalue weighted by molar-refractivity contribution is 6.40. The number of esters is 1. The molecule has 0 saturated carbocycles. The number of carbonyl (C=O) groups excluding carboxylic acids is 2. The maximum Gasteiger partial charge on any atom is 0.388 e. The van der Waals surface area contributed by atoms with Crippen LogP contribution in [0.15, 0.2) is 12.7 Å². The highest BCUT2D eigenvalue weighted by atomic mass is 17.1. The van der Waals surface area contributed by atoms with Crippen molar-refractivity contribution in [3.63, 3.8) is 0 Å². The Labute approximate surface area is 68.5 Å². The summed E-state index contributed by atoms with van der Waals surface area (Å²) in [7, 11) is 0. The van der Waals surface area contributed by atoms with Crippen LogP contribution in [0.3, 0.4) is 0 Å². The van der Waals surface area contributed by atoms with Crippen molar-refractivity contribution in [3.05, 3.63) is 12.7 Å². The lowest BCUT2D eigenvalue weighted by Gasteiger charge is -1.93. The van der Waals surface area contributed by atoms with Gasteiger partial charge in [-0.25, -0.2) is 4.79 Å². The molecule has 5 nitrogen and oxygen atoms in total. The van der Waals surface area contributed by atoms with Gasteiger partial charge in [0, 0.05) is 5.92 Å². The Kier molecular flexibility index (Phi) is 5.05. The number of Topliss-reactive ketones (excluding diaryl/α,β-unsaturated/α-hetero) is 1. The van der Waals surface area contributed by atoms with Crippen LogP contribution in [0.2, 0.25) is 0 Å². The van der Waals surface area contributed by atoms with Crippen LogP contribution < -0.4 is 0 Å². The van der Waals surface area contributed by atoms with Gasteiger partial charge in [-0.15, -0.1) is 0 Å². The van der Waals surface area contributed by atoms with Gasteiger partial charge < -0.3 is 4.74 Å². The summed E-state index contributed by atoms with van der Waals surface area (Å²) in [5, 5.41) is 7.68. The molecule has 0 aliphatic heterocycles. The molecule has 64 valence electrons. The Morgan fingerprint density at radius 2 is 2.25 bits per heavy atom. The smallest absolute Gasteiger partial charge is 0.388 e. The molecule has 0 bridgehead atoms. The predicted molar refractivity (Wildman–Crippen MR) is 37.7 cm³/mol. The molecule has 0 unspecified atom stereocenters. The molecule has 0 atom stereocenters. The standard InChI is InChI=1S/C7H6O5/c1-2-4-11-7(9)6(8)3-5-12-10/h2,10H,1,4H2. The molecule has 0 aliphatic carbocycles. The summed E-state index contributed by atoms with van der Waals surface area (Å²) in [6, 6.07) is 0. The first-order valence-corrected chi connectivity index (χ1v) is 2.85. The summed E-state index contributed by atoms with van der Waals surface area (Å²) in [6.45, 7) is 3.20. The molecule has 0 rings (SSSR count). The van der Waals surface area contributed by atoms with Gasteiger partial charge in [-0.3, -0.25) is 9.68 Å². The highest BCUT2D eigenvalue weighted by Gasteiger charge is 2.11. The number of hydrogen-bond donors (Lipinski definition) is 1. The first kappa shape index (κ1) is 10.2. The number of rotatable bonds is 3. The van der Waals surface area contributed by atoms with E-state index in [1.54, 1.807) is 5.92 Å². The number of ketones is 1. The quantitative estimate of drug-likeness (QED) is 0.158. The van der Waals surface area contributed by atoms with Crippen LogP contribution in [0.4, 0.5) is 0 Å². The van der Waals surface area contributed by atoms with E-state index in [9.17, 15) is 9.59 Å². The van der Waals surface area contributed by atoms with Gasteiger partial charge in [-0.2, -0.15) is 5.26 Å². The first-order valence-electron chi connectivity index (χ1n) is 2.85. The first-order chi connectivity index (χ1) is 5.72. The van der Waals surface area contributed by atoms with E-state index in [2.05, 4.69) is 16.2 Å². The summed E-state index contributed by atoms with van der Waals surface area (Å²) in [5.74, 6) is -0.532. The van der Waals surface area contributed by atoms with Crippen LogP contribution in [-0.2, 0) is 19.2 Å². The lowest BCUT2D eigenvalue weighted by Crippen LogP contribution is -2.15. The average Bonchev–Trinajstić information content (AvgIpc) is 2.10. The van der Waals surface area contributed by atoms with Gasteiger partial charge >= 0.3 is 11.8 Å². The summed E-state index contributed by atoms with van der Waals surface area (Å²) in [5.41, 5.74) is 0. The van der Waals surface area contributed by atoms with Crippen LogP contribution in [0.5, 0.6) is 0 Å². The molecule has 0 radical (unpaired) electrons. The fourth-order valence-electron chi connectivity index (χ4n) is 0.320. The van der Waals surface area contributed by atoms with E-state index in [1.165, 1.54) is 12.2 Å². The number of ether oxygens (including phenoxy) is 1. The topological polar surface area (TPSA) is 72.8 Å². The maximum absolute atomic E-state index is 10.5. The molecule has 0 heterocycles. The van der Waals surface area contributed by atoms with Gasteiger partial charge in [0.1, 0.15) is 6.61 Å². The molecule has 0 saturated heterocycles. The Morgan fingerprint density at radius 3 is 2.75 bits per heavy atom. The summed E-state index contributed by atoms with van der Waals surface area (Å²) in [4.78, 5) is 24.3. The number of carbonyl (C=O) groups is 2. The zero-order valence-corrected chi connectivity index (χ0v) is 6.07. The molecule has 1 N–H and O–H groups in total. The van der Waals surface area contributed by atoms with Crippen LogP contribution in [-0.4, -0.2) is 23.6 Å². The van der Waals surface area contributed by atoms with E-state index in [0.717, 1.165) is 0 Å². The molecular weight excluding hydrogens is 164 g/mol. The van der Waals surface area contributed by atoms with Gasteiger partial charge in [-0.1, -0.05) is 12.7 Å². The van der Waals surface area contributed by atoms with Crippen LogP contribution >= 0.6 is 0 Å². The molecule has 0 fully saturated rings. The lowest BCUT2D eigenvalue weighted by molar-refractivity contribution is -0.172. The van der Waals surface area contributed by atoms with Crippen molar-refractivity contribution in [2.45, 2.75) is 0 Å². The fraction of sp³-hybridized carbons (Fsp3) is 0.143. The average molecular weight is 170 g/mol. The minimum atomic E-state index is -1.11. The summed E-state index contributed by atoms with van der Waals surface area (Å²) < 4.78 is 4.30. The third kappa shape index (κ3) is 4.09. The zero-order chi connectivity index (χ0) is 9.40. The van der Waals surface area contributed by atoms with Crippen molar-refractivity contribution in [2.75, 3.05) is 6.61 Å². The van der Waals surface area contributed by atoms with Crippen molar-refractivity contribution < 1.29 is 24.5 Å². The SMILES string of the molecule is C=CCOC(=O)C(=O)C#COO. The van der Waals surface area contributed by atoms with Crippen molar-refractivity contribution in [1.82, 2.24) is 0 Å². The third-order valence-electron chi connectivity index (χ3n) is 0.728. The van der Waals surface area contributed by atoms with Crippen molar-refractivity contribution >= 4 is 11.8 Å². The normalized spacial score (nSPS) is 7.42. The van der Waals surface area contributed by atoms with Crippen molar-refractivity contribution in [3.8, 4) is 12.0 Å². The molecule has 0 aliphatic rings. The summed E-state index contributed by atoms with van der Waals surface area (Å²) >= 11 is 0. The van der Waals surface area contributed by atoms with Crippen LogP contribution in [0, 0.1) is 12.0 Å². The molecular formula is C7H6O5. The van der Waals surface area contributed by atoms with E-state index in [1.807, 2.05) is 0 Å².